The first-order chi connectivity index (χ1) is 13.0. The molecule has 0 atom stereocenters. The second kappa shape index (κ2) is 11.6. The van der Waals surface area contributed by atoms with Gasteiger partial charge in [0.25, 0.3) is 6.47 Å². The quantitative estimate of drug-likeness (QED) is 0.258. The van der Waals surface area contributed by atoms with Crippen molar-refractivity contribution in [3.05, 3.63) is 34.4 Å². The summed E-state index contributed by atoms with van der Waals surface area (Å²) >= 11 is 0. The predicted molar refractivity (Wildman–Crippen MR) is 121 cm³/mol. The van der Waals surface area contributed by atoms with E-state index in [9.17, 15) is 4.79 Å². The van der Waals surface area contributed by atoms with Crippen molar-refractivity contribution in [1.29, 1.82) is 0 Å². The number of unbranched alkanes of at least 4 members (excludes halogenated alkanes) is 4. The molecule has 0 bridgehead atoms. The third-order valence-corrected chi connectivity index (χ3v) is 5.76. The van der Waals surface area contributed by atoms with Crippen LogP contribution in [0, 0.1) is 19.3 Å². The van der Waals surface area contributed by atoms with Crippen molar-refractivity contribution >= 4 is 6.47 Å². The average Bonchev–Trinajstić information content (AvgIpc) is 2.56. The Balaban J connectivity index is 2.44. The first kappa shape index (κ1) is 24.7. The molecule has 0 aliphatic heterocycles. The zero-order chi connectivity index (χ0) is 21.2. The molecule has 0 aliphatic carbocycles. The summed E-state index contributed by atoms with van der Waals surface area (Å²) in [7, 11) is 0. The van der Waals surface area contributed by atoms with Gasteiger partial charge in [-0.05, 0) is 100 Å². The molecule has 2 nitrogen and oxygen atoms in total. The van der Waals surface area contributed by atoms with E-state index in [1.165, 1.54) is 67.2 Å². The summed E-state index contributed by atoms with van der Waals surface area (Å²) in [6.07, 6.45) is 12.1. The highest BCUT2D eigenvalue weighted by Crippen LogP contribution is 2.24. The lowest BCUT2D eigenvalue weighted by Gasteiger charge is -2.22. The van der Waals surface area contributed by atoms with Gasteiger partial charge in [-0.25, -0.2) is 0 Å². The van der Waals surface area contributed by atoms with Gasteiger partial charge >= 0.3 is 0 Å². The minimum Gasteiger partial charge on any atom is -0.462 e. The zero-order valence-electron chi connectivity index (χ0n) is 19.6. The van der Waals surface area contributed by atoms with Crippen LogP contribution in [0.5, 0.6) is 0 Å². The number of rotatable bonds is 13. The molecule has 0 aliphatic rings. The van der Waals surface area contributed by atoms with Crippen LogP contribution in [0.3, 0.4) is 0 Å². The van der Waals surface area contributed by atoms with Crippen molar-refractivity contribution in [3.8, 4) is 0 Å². The van der Waals surface area contributed by atoms with Gasteiger partial charge in [0.1, 0.15) is 5.60 Å². The predicted octanol–water partition coefficient (Wildman–Crippen LogP) is 7.51. The number of hydrogen-bond acceptors (Lipinski definition) is 2. The Morgan fingerprint density at radius 3 is 1.71 bits per heavy atom. The van der Waals surface area contributed by atoms with E-state index in [0.717, 1.165) is 19.3 Å². The largest absolute Gasteiger partial charge is 0.462 e. The third kappa shape index (κ3) is 10.3. The Bertz CT molecular complexity index is 593. The summed E-state index contributed by atoms with van der Waals surface area (Å²) in [6.45, 7) is 16.0. The highest BCUT2D eigenvalue weighted by Gasteiger charge is 2.17. The summed E-state index contributed by atoms with van der Waals surface area (Å²) in [5.41, 5.74) is 6.06. The van der Waals surface area contributed by atoms with Crippen LogP contribution in [0.4, 0.5) is 0 Å². The zero-order valence-corrected chi connectivity index (χ0v) is 19.6. The molecule has 0 amide bonds. The number of aryl methyl sites for hydroxylation is 4. The van der Waals surface area contributed by atoms with E-state index in [1.54, 1.807) is 0 Å². The molecule has 1 aromatic carbocycles. The maximum Gasteiger partial charge on any atom is 0.293 e. The molecular formula is C26H44O2. The SMILES string of the molecule is Cc1cc(C)c(CCCCCC(C)(C)OC=O)cc1CCCCCC(C)(C)C. The van der Waals surface area contributed by atoms with Crippen LogP contribution in [-0.2, 0) is 22.4 Å². The van der Waals surface area contributed by atoms with Gasteiger partial charge in [-0.1, -0.05) is 52.2 Å². The van der Waals surface area contributed by atoms with E-state index in [4.69, 9.17) is 4.74 Å². The summed E-state index contributed by atoms with van der Waals surface area (Å²) < 4.78 is 5.13. The summed E-state index contributed by atoms with van der Waals surface area (Å²) in [4.78, 5) is 10.5. The van der Waals surface area contributed by atoms with E-state index >= 15 is 0 Å². The van der Waals surface area contributed by atoms with Crippen LogP contribution in [-0.4, -0.2) is 12.1 Å². The van der Waals surface area contributed by atoms with Gasteiger partial charge in [0.2, 0.25) is 0 Å². The molecular weight excluding hydrogens is 344 g/mol. The molecule has 0 saturated carbocycles. The fraction of sp³-hybridized carbons (Fsp3) is 0.731. The minimum atomic E-state index is -0.332. The number of carbonyl (C=O) groups is 1. The molecule has 0 radical (unpaired) electrons. The highest BCUT2D eigenvalue weighted by atomic mass is 16.5. The Morgan fingerprint density at radius 2 is 1.25 bits per heavy atom. The van der Waals surface area contributed by atoms with Crippen molar-refractivity contribution in [2.24, 2.45) is 5.41 Å². The van der Waals surface area contributed by atoms with Crippen LogP contribution < -0.4 is 0 Å². The molecule has 0 unspecified atom stereocenters. The van der Waals surface area contributed by atoms with Gasteiger partial charge in [0.05, 0.1) is 0 Å². The fourth-order valence-electron chi connectivity index (χ4n) is 3.87. The lowest BCUT2D eigenvalue weighted by molar-refractivity contribution is -0.140. The standard InChI is InChI=1S/C26H44O2/c1-21-18-22(2)24(15-11-9-13-17-26(6,7)28-20-27)19-23(21)14-10-8-12-16-25(3,4)5/h18-20H,8-17H2,1-7H3. The Hall–Kier alpha value is -1.31. The number of benzene rings is 1. The van der Waals surface area contributed by atoms with Crippen molar-refractivity contribution in [1.82, 2.24) is 0 Å². The molecule has 0 spiro atoms. The molecule has 1 rings (SSSR count). The Kier molecular flexibility index (Phi) is 10.3. The van der Waals surface area contributed by atoms with Gasteiger partial charge in [-0.15, -0.1) is 0 Å². The van der Waals surface area contributed by atoms with E-state index in [0.29, 0.717) is 11.9 Å². The second-order valence-corrected chi connectivity index (χ2v) is 10.4. The Morgan fingerprint density at radius 1 is 0.750 bits per heavy atom. The van der Waals surface area contributed by atoms with Crippen molar-refractivity contribution in [2.75, 3.05) is 0 Å². The van der Waals surface area contributed by atoms with Crippen LogP contribution in [0.15, 0.2) is 12.1 Å². The van der Waals surface area contributed by atoms with Crippen LogP contribution in [0.2, 0.25) is 0 Å². The van der Waals surface area contributed by atoms with Gasteiger partial charge in [-0.3, -0.25) is 4.79 Å². The molecule has 0 N–H and O–H groups in total. The minimum absolute atomic E-state index is 0.332. The van der Waals surface area contributed by atoms with Gasteiger partial charge in [0, 0.05) is 0 Å². The molecule has 28 heavy (non-hydrogen) atoms. The molecule has 0 fully saturated rings. The normalized spacial score (nSPS) is 12.2. The molecule has 2 heteroatoms. The molecule has 160 valence electrons. The molecule has 0 aromatic heterocycles. The summed E-state index contributed by atoms with van der Waals surface area (Å²) in [5, 5.41) is 0. The fourth-order valence-corrected chi connectivity index (χ4v) is 3.87. The summed E-state index contributed by atoms with van der Waals surface area (Å²) in [6, 6.07) is 4.84. The lowest BCUT2D eigenvalue weighted by atomic mass is 9.88. The van der Waals surface area contributed by atoms with Gasteiger partial charge in [0.15, 0.2) is 0 Å². The van der Waals surface area contributed by atoms with Crippen molar-refractivity contribution < 1.29 is 9.53 Å². The lowest BCUT2D eigenvalue weighted by Crippen LogP contribution is -2.23. The van der Waals surface area contributed by atoms with Gasteiger partial charge < -0.3 is 4.74 Å². The van der Waals surface area contributed by atoms with Crippen LogP contribution in [0.25, 0.3) is 0 Å². The highest BCUT2D eigenvalue weighted by molar-refractivity contribution is 5.38. The van der Waals surface area contributed by atoms with Crippen molar-refractivity contribution in [3.63, 3.8) is 0 Å². The molecule has 1 aromatic rings. The first-order valence-electron chi connectivity index (χ1n) is 11.2. The maximum atomic E-state index is 10.5. The maximum absolute atomic E-state index is 10.5. The van der Waals surface area contributed by atoms with E-state index in [1.807, 2.05) is 13.8 Å². The monoisotopic (exact) mass is 388 g/mol. The average molecular weight is 389 g/mol. The second-order valence-electron chi connectivity index (χ2n) is 10.4. The summed E-state index contributed by atoms with van der Waals surface area (Å²) in [5.74, 6) is 0. The van der Waals surface area contributed by atoms with Crippen LogP contribution >= 0.6 is 0 Å². The number of ether oxygens (including phenoxy) is 1. The van der Waals surface area contributed by atoms with Crippen molar-refractivity contribution in [2.45, 2.75) is 118 Å². The topological polar surface area (TPSA) is 26.3 Å². The number of hydrogen-bond donors (Lipinski definition) is 0. The van der Waals surface area contributed by atoms with Gasteiger partial charge in [-0.2, -0.15) is 0 Å². The van der Waals surface area contributed by atoms with E-state index < -0.39 is 0 Å². The Labute approximate surface area is 174 Å². The molecule has 0 saturated heterocycles. The number of carbonyl (C=O) groups excluding carboxylic acids is 1. The third-order valence-electron chi connectivity index (χ3n) is 5.76. The first-order valence-corrected chi connectivity index (χ1v) is 11.2. The van der Waals surface area contributed by atoms with E-state index in [2.05, 4.69) is 46.8 Å². The van der Waals surface area contributed by atoms with Crippen LogP contribution in [0.1, 0.15) is 108 Å². The molecule has 0 heterocycles. The van der Waals surface area contributed by atoms with E-state index in [-0.39, 0.29) is 5.60 Å². The smallest absolute Gasteiger partial charge is 0.293 e.